The average molecular weight is 681 g/mol. The van der Waals surface area contributed by atoms with E-state index < -0.39 is 0 Å². The van der Waals surface area contributed by atoms with E-state index in [0.717, 1.165) is 0 Å². The Morgan fingerprint density at radius 1 is 0.204 bits per heavy atom. The van der Waals surface area contributed by atoms with Gasteiger partial charge in [0.05, 0.1) is 0 Å². The second-order valence-corrected chi connectivity index (χ2v) is 14.7. The van der Waals surface area contributed by atoms with Crippen LogP contribution in [0.5, 0.6) is 0 Å². The van der Waals surface area contributed by atoms with Crippen LogP contribution in [-0.2, 0) is 0 Å². The maximum Gasteiger partial charge on any atom is -0.000719 e. The molecule has 0 unspecified atom stereocenters. The molecule has 0 radical (unpaired) electrons. The lowest BCUT2D eigenvalue weighted by atomic mass is 9.81. The first kappa shape index (κ1) is 29.5. The molecule has 0 fully saturated rings. The minimum Gasteiger partial charge on any atom is -0.0622 e. The summed E-state index contributed by atoms with van der Waals surface area (Å²) in [6.45, 7) is 0. The fourth-order valence-corrected chi connectivity index (χ4v) is 9.69. The lowest BCUT2D eigenvalue weighted by molar-refractivity contribution is 1.62. The van der Waals surface area contributed by atoms with Crippen LogP contribution in [0.4, 0.5) is 0 Å². The van der Waals surface area contributed by atoms with Crippen LogP contribution in [0, 0.1) is 0 Å². The SMILES string of the molecule is c1ccc(-c2c3c(c(-c4ccccc4)c4cc(-c5cc6ccc7ccccc7c6c6ccccc56)ccc24)-c2cccc4c2c-3cc2ccccc24)cc1. The van der Waals surface area contributed by atoms with E-state index in [1.807, 2.05) is 0 Å². The molecule has 0 heteroatoms. The Labute approximate surface area is 313 Å². The molecule has 248 valence electrons. The first-order chi connectivity index (χ1) is 26.8. The van der Waals surface area contributed by atoms with Crippen molar-refractivity contribution < 1.29 is 0 Å². The summed E-state index contributed by atoms with van der Waals surface area (Å²) in [5, 5.41) is 15.5. The van der Waals surface area contributed by atoms with E-state index in [1.165, 1.54) is 120 Å². The van der Waals surface area contributed by atoms with Crippen LogP contribution in [0.15, 0.2) is 194 Å². The van der Waals surface area contributed by atoms with Crippen molar-refractivity contribution in [2.24, 2.45) is 0 Å². The van der Waals surface area contributed by atoms with Gasteiger partial charge in [0, 0.05) is 0 Å². The van der Waals surface area contributed by atoms with Gasteiger partial charge in [-0.3, -0.25) is 0 Å². The van der Waals surface area contributed by atoms with Crippen molar-refractivity contribution >= 4 is 64.6 Å². The summed E-state index contributed by atoms with van der Waals surface area (Å²) in [5.74, 6) is 0. The van der Waals surface area contributed by atoms with Crippen LogP contribution < -0.4 is 0 Å². The van der Waals surface area contributed by atoms with E-state index in [0.29, 0.717) is 0 Å². The van der Waals surface area contributed by atoms with Crippen LogP contribution in [0.2, 0.25) is 0 Å². The van der Waals surface area contributed by atoms with Crippen LogP contribution in [-0.4, -0.2) is 0 Å². The van der Waals surface area contributed by atoms with Crippen LogP contribution in [0.1, 0.15) is 0 Å². The zero-order chi connectivity index (χ0) is 35.3. The fraction of sp³-hybridized carbons (Fsp3) is 0. The predicted molar refractivity (Wildman–Crippen MR) is 232 cm³/mol. The molecule has 0 heterocycles. The monoisotopic (exact) mass is 680 g/mol. The standard InChI is InChI=1S/C54H32/c1-3-15-34(16-4-1)50-44-29-28-37(46-32-38-27-26-33-14-7-10-21-40(33)49(38)43-23-12-11-22-41(43)46)30-47(44)51(35-17-5-2-6-18-35)53-45-25-13-24-42-39-20-9-8-19-36(39)31-48(52(42)45)54(50)53/h1-32H. The summed E-state index contributed by atoms with van der Waals surface area (Å²) in [6, 6.07) is 72.3. The Morgan fingerprint density at radius 2 is 0.759 bits per heavy atom. The summed E-state index contributed by atoms with van der Waals surface area (Å²) < 4.78 is 0. The Kier molecular flexibility index (Phi) is 6.15. The average Bonchev–Trinajstić information content (AvgIpc) is 3.56. The molecular weight excluding hydrogens is 649 g/mol. The topological polar surface area (TPSA) is 0 Å². The summed E-state index contributed by atoms with van der Waals surface area (Å²) in [5.41, 5.74) is 12.9. The minimum atomic E-state index is 1.23. The third-order valence-electron chi connectivity index (χ3n) is 11.9. The maximum absolute atomic E-state index is 2.48. The van der Waals surface area contributed by atoms with E-state index in [9.17, 15) is 0 Å². The molecule has 1 aliphatic carbocycles. The molecule has 0 N–H and O–H groups in total. The molecule has 0 bridgehead atoms. The van der Waals surface area contributed by atoms with E-state index in [1.54, 1.807) is 0 Å². The van der Waals surface area contributed by atoms with Gasteiger partial charge in [0.1, 0.15) is 0 Å². The fourth-order valence-electron chi connectivity index (χ4n) is 9.69. The second-order valence-electron chi connectivity index (χ2n) is 14.7. The molecule has 0 aliphatic heterocycles. The zero-order valence-electron chi connectivity index (χ0n) is 29.5. The highest BCUT2D eigenvalue weighted by Crippen LogP contribution is 2.59. The van der Waals surface area contributed by atoms with Crippen molar-refractivity contribution in [3.8, 4) is 55.6 Å². The molecule has 54 heavy (non-hydrogen) atoms. The van der Waals surface area contributed by atoms with Crippen LogP contribution in [0.25, 0.3) is 120 Å². The van der Waals surface area contributed by atoms with E-state index >= 15 is 0 Å². The molecule has 0 saturated carbocycles. The largest absolute Gasteiger partial charge is 0.0622 e. The second kappa shape index (κ2) is 11.2. The number of fused-ring (bicyclic) bond motifs is 11. The smallest absolute Gasteiger partial charge is 0.000719 e. The Morgan fingerprint density at radius 3 is 1.54 bits per heavy atom. The van der Waals surface area contributed by atoms with Crippen molar-refractivity contribution in [1.82, 2.24) is 0 Å². The van der Waals surface area contributed by atoms with Crippen molar-refractivity contribution in [3.63, 3.8) is 0 Å². The first-order valence-electron chi connectivity index (χ1n) is 18.9. The van der Waals surface area contributed by atoms with Crippen LogP contribution >= 0.6 is 0 Å². The maximum atomic E-state index is 2.48. The molecule has 0 spiro atoms. The Balaban J connectivity index is 1.25. The van der Waals surface area contributed by atoms with E-state index in [-0.39, 0.29) is 0 Å². The minimum absolute atomic E-state index is 1.23. The molecule has 0 nitrogen and oxygen atoms in total. The molecule has 0 saturated heterocycles. The highest BCUT2D eigenvalue weighted by molar-refractivity contribution is 6.31. The third-order valence-corrected chi connectivity index (χ3v) is 11.9. The lowest BCUT2D eigenvalue weighted by Crippen LogP contribution is -1.94. The number of rotatable bonds is 3. The van der Waals surface area contributed by atoms with Gasteiger partial charge in [-0.2, -0.15) is 0 Å². The van der Waals surface area contributed by atoms with Crippen molar-refractivity contribution in [1.29, 1.82) is 0 Å². The van der Waals surface area contributed by atoms with Gasteiger partial charge in [0.2, 0.25) is 0 Å². The molecule has 0 atom stereocenters. The molecule has 11 aromatic rings. The highest BCUT2D eigenvalue weighted by Gasteiger charge is 2.31. The van der Waals surface area contributed by atoms with Gasteiger partial charge in [-0.05, 0) is 138 Å². The number of hydrogen-bond acceptors (Lipinski definition) is 0. The van der Waals surface area contributed by atoms with Crippen LogP contribution in [0.3, 0.4) is 0 Å². The predicted octanol–water partition coefficient (Wildman–Crippen LogP) is 15.3. The van der Waals surface area contributed by atoms with Gasteiger partial charge in [0.25, 0.3) is 0 Å². The van der Waals surface area contributed by atoms with E-state index in [4.69, 9.17) is 0 Å². The number of hydrogen-bond donors (Lipinski definition) is 0. The van der Waals surface area contributed by atoms with Crippen molar-refractivity contribution in [2.75, 3.05) is 0 Å². The Hall–Kier alpha value is -7.02. The normalized spacial score (nSPS) is 12.1. The molecule has 0 amide bonds. The summed E-state index contributed by atoms with van der Waals surface area (Å²) in [6.07, 6.45) is 0. The van der Waals surface area contributed by atoms with Gasteiger partial charge in [0.15, 0.2) is 0 Å². The lowest BCUT2D eigenvalue weighted by Gasteiger charge is -2.21. The highest BCUT2D eigenvalue weighted by atomic mass is 14.3. The van der Waals surface area contributed by atoms with Crippen molar-refractivity contribution in [2.45, 2.75) is 0 Å². The summed E-state index contributed by atoms with van der Waals surface area (Å²) >= 11 is 0. The van der Waals surface area contributed by atoms with Gasteiger partial charge in [-0.25, -0.2) is 0 Å². The van der Waals surface area contributed by atoms with E-state index in [2.05, 4.69) is 194 Å². The Bertz CT molecular complexity index is 3350. The summed E-state index contributed by atoms with van der Waals surface area (Å²) in [7, 11) is 0. The first-order valence-corrected chi connectivity index (χ1v) is 18.9. The van der Waals surface area contributed by atoms with Gasteiger partial charge in [-0.15, -0.1) is 0 Å². The molecule has 12 rings (SSSR count). The third kappa shape index (κ3) is 4.08. The molecular formula is C54H32. The van der Waals surface area contributed by atoms with Gasteiger partial charge < -0.3 is 0 Å². The molecule has 1 aliphatic rings. The summed E-state index contributed by atoms with van der Waals surface area (Å²) in [4.78, 5) is 0. The van der Waals surface area contributed by atoms with Gasteiger partial charge in [-0.1, -0.05) is 176 Å². The van der Waals surface area contributed by atoms with Gasteiger partial charge >= 0.3 is 0 Å². The van der Waals surface area contributed by atoms with Crippen molar-refractivity contribution in [3.05, 3.63) is 194 Å². The quantitative estimate of drug-likeness (QED) is 0.163. The molecule has 11 aromatic carbocycles. The number of benzene rings is 11. The zero-order valence-corrected chi connectivity index (χ0v) is 29.5. The molecule has 0 aromatic heterocycles.